The van der Waals surface area contributed by atoms with Crippen LogP contribution in [0.5, 0.6) is 0 Å². The maximum atomic E-state index is 13.3. The average molecular weight is 334 g/mol. The molecule has 0 aliphatic carbocycles. The number of aromatic nitrogens is 2. The van der Waals surface area contributed by atoms with Gasteiger partial charge in [0.2, 0.25) is 17.6 Å². The summed E-state index contributed by atoms with van der Waals surface area (Å²) in [5.74, 6) is 0.474. The molecule has 0 aliphatic heterocycles. The number of nitrogens with zero attached hydrogens (tertiary/aromatic N) is 2. The van der Waals surface area contributed by atoms with Crippen molar-refractivity contribution in [1.82, 2.24) is 20.8 Å². The van der Waals surface area contributed by atoms with Crippen molar-refractivity contribution in [3.8, 4) is 11.4 Å². The van der Waals surface area contributed by atoms with E-state index < -0.39 is 0 Å². The maximum Gasteiger partial charge on any atom is 0.227 e. The first-order valence-electron chi connectivity index (χ1n) is 8.16. The van der Waals surface area contributed by atoms with Crippen LogP contribution in [0.1, 0.15) is 31.2 Å². The van der Waals surface area contributed by atoms with E-state index in [0.717, 1.165) is 19.5 Å². The van der Waals surface area contributed by atoms with Gasteiger partial charge in [-0.2, -0.15) is 4.98 Å². The Kier molecular flexibility index (Phi) is 6.87. The fraction of sp³-hybridized carbons (Fsp3) is 0.471. The molecule has 2 N–H and O–H groups in total. The van der Waals surface area contributed by atoms with E-state index in [0.29, 0.717) is 35.8 Å². The smallest absolute Gasteiger partial charge is 0.227 e. The first kappa shape index (κ1) is 18.1. The molecule has 2 rings (SSSR count). The lowest BCUT2D eigenvalue weighted by molar-refractivity contribution is -0.121. The van der Waals surface area contributed by atoms with Gasteiger partial charge in [0, 0.05) is 31.5 Å². The number of amides is 1. The van der Waals surface area contributed by atoms with Crippen LogP contribution in [0.25, 0.3) is 11.4 Å². The first-order valence-corrected chi connectivity index (χ1v) is 8.16. The molecule has 0 spiro atoms. The lowest BCUT2D eigenvalue weighted by atomic mass is 10.1. The highest BCUT2D eigenvalue weighted by molar-refractivity contribution is 5.76. The Balaban J connectivity index is 1.79. The van der Waals surface area contributed by atoms with Gasteiger partial charge in [0.1, 0.15) is 5.82 Å². The minimum atomic E-state index is -0.271. The summed E-state index contributed by atoms with van der Waals surface area (Å²) in [7, 11) is 0. The zero-order valence-electron chi connectivity index (χ0n) is 14.1. The van der Waals surface area contributed by atoms with Crippen LogP contribution in [-0.4, -0.2) is 35.7 Å². The predicted octanol–water partition coefficient (Wildman–Crippen LogP) is 2.23. The molecule has 0 atom stereocenters. The number of nitrogens with one attached hydrogen (secondary N) is 2. The van der Waals surface area contributed by atoms with Gasteiger partial charge in [-0.1, -0.05) is 12.1 Å². The summed E-state index contributed by atoms with van der Waals surface area (Å²) in [6.45, 7) is 6.08. The summed E-state index contributed by atoms with van der Waals surface area (Å²) in [4.78, 5) is 16.0. The van der Waals surface area contributed by atoms with Crippen LogP contribution < -0.4 is 10.6 Å². The number of hydrogen-bond acceptors (Lipinski definition) is 5. The molecule has 2 aromatic rings. The largest absolute Gasteiger partial charge is 0.355 e. The Morgan fingerprint density at radius 2 is 2.12 bits per heavy atom. The van der Waals surface area contributed by atoms with E-state index in [1.807, 2.05) is 0 Å². The van der Waals surface area contributed by atoms with Crippen LogP contribution in [-0.2, 0) is 11.2 Å². The number of rotatable bonds is 9. The second-order valence-electron chi connectivity index (χ2n) is 5.58. The highest BCUT2D eigenvalue weighted by Crippen LogP contribution is 2.19. The third-order valence-electron chi connectivity index (χ3n) is 3.50. The molecular weight excluding hydrogens is 311 g/mol. The number of benzene rings is 1. The lowest BCUT2D eigenvalue weighted by Crippen LogP contribution is -2.32. The molecule has 6 nitrogen and oxygen atoms in total. The van der Waals surface area contributed by atoms with Gasteiger partial charge in [-0.25, -0.2) is 4.39 Å². The molecule has 1 aromatic heterocycles. The summed E-state index contributed by atoms with van der Waals surface area (Å²) < 4.78 is 18.4. The molecular formula is C17H23FN4O2. The molecule has 0 saturated heterocycles. The minimum Gasteiger partial charge on any atom is -0.355 e. The second kappa shape index (κ2) is 9.12. The number of halogens is 1. The van der Waals surface area contributed by atoms with Gasteiger partial charge in [-0.05, 0) is 43.7 Å². The number of aryl methyl sites for hydroxylation is 2. The van der Waals surface area contributed by atoms with Crippen LogP contribution in [0, 0.1) is 12.7 Å². The molecule has 1 heterocycles. The monoisotopic (exact) mass is 334 g/mol. The molecule has 1 amide bonds. The summed E-state index contributed by atoms with van der Waals surface area (Å²) in [5.41, 5.74) is 1.21. The predicted molar refractivity (Wildman–Crippen MR) is 88.9 cm³/mol. The molecule has 1 aromatic carbocycles. The van der Waals surface area contributed by atoms with Crippen molar-refractivity contribution in [3.63, 3.8) is 0 Å². The molecule has 0 fully saturated rings. The number of carbonyl (C=O) groups excluding carboxylic acids is 1. The molecule has 0 saturated carbocycles. The quantitative estimate of drug-likeness (QED) is 0.688. The van der Waals surface area contributed by atoms with Gasteiger partial charge in [-0.3, -0.25) is 4.79 Å². The number of hydrogen-bond donors (Lipinski definition) is 2. The van der Waals surface area contributed by atoms with E-state index in [1.165, 1.54) is 6.07 Å². The zero-order chi connectivity index (χ0) is 17.4. The third kappa shape index (κ3) is 5.42. The van der Waals surface area contributed by atoms with Crippen LogP contribution in [0.3, 0.4) is 0 Å². The topological polar surface area (TPSA) is 80.0 Å². The first-order chi connectivity index (χ1) is 11.6. The van der Waals surface area contributed by atoms with Crippen molar-refractivity contribution in [3.05, 3.63) is 35.5 Å². The number of carbonyl (C=O) groups is 1. The fourth-order valence-electron chi connectivity index (χ4n) is 2.16. The van der Waals surface area contributed by atoms with Crippen molar-refractivity contribution in [1.29, 1.82) is 0 Å². The summed E-state index contributed by atoms with van der Waals surface area (Å²) in [5, 5.41) is 9.92. The average Bonchev–Trinajstić information content (AvgIpc) is 3.04. The van der Waals surface area contributed by atoms with Crippen molar-refractivity contribution in [2.45, 2.75) is 33.1 Å². The molecule has 7 heteroatoms. The van der Waals surface area contributed by atoms with E-state index >= 15 is 0 Å². The minimum absolute atomic E-state index is 0.0503. The Labute approximate surface area is 140 Å². The third-order valence-corrected chi connectivity index (χ3v) is 3.50. The van der Waals surface area contributed by atoms with Gasteiger partial charge in [0.25, 0.3) is 0 Å². The van der Waals surface area contributed by atoms with Crippen LogP contribution in [0.4, 0.5) is 4.39 Å². The standard InChI is InChI=1S/C17H23FN4O2/c1-3-8-19-9-10-20-15(23)6-7-16-21-17(22-24-16)13-4-5-14(18)12(2)11-13/h4-5,11,19H,3,6-10H2,1-2H3,(H,20,23). The van der Waals surface area contributed by atoms with Crippen molar-refractivity contribution in [2.75, 3.05) is 19.6 Å². The van der Waals surface area contributed by atoms with E-state index in [-0.39, 0.29) is 18.1 Å². The van der Waals surface area contributed by atoms with E-state index in [9.17, 15) is 9.18 Å². The summed E-state index contributed by atoms with van der Waals surface area (Å²) in [6.07, 6.45) is 1.74. The Hall–Kier alpha value is -2.28. The molecule has 130 valence electrons. The highest BCUT2D eigenvalue weighted by Gasteiger charge is 2.11. The van der Waals surface area contributed by atoms with Gasteiger partial charge in [0.15, 0.2) is 0 Å². The Morgan fingerprint density at radius 3 is 2.88 bits per heavy atom. The lowest BCUT2D eigenvalue weighted by Gasteiger charge is -2.04. The summed E-state index contributed by atoms with van der Waals surface area (Å²) >= 11 is 0. The van der Waals surface area contributed by atoms with Crippen LogP contribution >= 0.6 is 0 Å². The van der Waals surface area contributed by atoms with Gasteiger partial charge in [0.05, 0.1) is 0 Å². The molecule has 0 radical (unpaired) electrons. The van der Waals surface area contributed by atoms with Crippen molar-refractivity contribution in [2.24, 2.45) is 0 Å². The molecule has 24 heavy (non-hydrogen) atoms. The Bertz CT molecular complexity index is 672. The zero-order valence-corrected chi connectivity index (χ0v) is 14.1. The molecule has 0 aliphatic rings. The van der Waals surface area contributed by atoms with Crippen LogP contribution in [0.2, 0.25) is 0 Å². The van der Waals surface area contributed by atoms with E-state index in [1.54, 1.807) is 19.1 Å². The van der Waals surface area contributed by atoms with E-state index in [2.05, 4.69) is 27.7 Å². The van der Waals surface area contributed by atoms with Crippen molar-refractivity contribution < 1.29 is 13.7 Å². The SMILES string of the molecule is CCCNCCNC(=O)CCc1nc(-c2ccc(F)c(C)c2)no1. The molecule has 0 bridgehead atoms. The van der Waals surface area contributed by atoms with Gasteiger partial charge in [-0.15, -0.1) is 0 Å². The highest BCUT2D eigenvalue weighted by atomic mass is 19.1. The molecule has 0 unspecified atom stereocenters. The van der Waals surface area contributed by atoms with Gasteiger partial charge < -0.3 is 15.2 Å². The van der Waals surface area contributed by atoms with Crippen molar-refractivity contribution >= 4 is 5.91 Å². The fourth-order valence-corrected chi connectivity index (χ4v) is 2.16. The van der Waals surface area contributed by atoms with E-state index in [4.69, 9.17) is 4.52 Å². The van der Waals surface area contributed by atoms with Gasteiger partial charge >= 0.3 is 0 Å². The van der Waals surface area contributed by atoms with Crippen LogP contribution in [0.15, 0.2) is 22.7 Å². The summed E-state index contributed by atoms with van der Waals surface area (Å²) in [6, 6.07) is 4.65. The Morgan fingerprint density at radius 1 is 1.29 bits per heavy atom. The maximum absolute atomic E-state index is 13.3. The second-order valence-corrected chi connectivity index (χ2v) is 5.58. The normalized spacial score (nSPS) is 10.8.